The Morgan fingerprint density at radius 3 is 2.30 bits per heavy atom. The predicted molar refractivity (Wildman–Crippen MR) is 118 cm³/mol. The minimum atomic E-state index is -0.372. The van der Waals surface area contributed by atoms with Gasteiger partial charge in [0.1, 0.15) is 5.75 Å². The molecule has 2 aromatic heterocycles. The molecule has 0 aliphatic heterocycles. The van der Waals surface area contributed by atoms with Gasteiger partial charge in [0.25, 0.3) is 5.56 Å². The van der Waals surface area contributed by atoms with Crippen molar-refractivity contribution < 1.29 is 9.53 Å². The third kappa shape index (κ3) is 4.02. The molecule has 0 aliphatic carbocycles. The SMILES string of the molecule is CC(=O)Oc1ccc(C=c2sc3nc(-c4ccc(C(C)(C)C)cc4)nn3c2=O)cc1. The van der Waals surface area contributed by atoms with Crippen molar-refractivity contribution in [3.63, 3.8) is 0 Å². The summed E-state index contributed by atoms with van der Waals surface area (Å²) in [4.78, 5) is 28.8. The van der Waals surface area contributed by atoms with E-state index in [-0.39, 0.29) is 16.9 Å². The Morgan fingerprint density at radius 1 is 1.07 bits per heavy atom. The molecule has 0 bridgehead atoms. The van der Waals surface area contributed by atoms with Crippen molar-refractivity contribution in [2.24, 2.45) is 0 Å². The molecule has 4 aromatic rings. The number of aromatic nitrogens is 3. The van der Waals surface area contributed by atoms with Gasteiger partial charge in [0.15, 0.2) is 5.82 Å². The van der Waals surface area contributed by atoms with E-state index in [0.717, 1.165) is 11.1 Å². The minimum absolute atomic E-state index is 0.0732. The van der Waals surface area contributed by atoms with Crippen LogP contribution in [0.3, 0.4) is 0 Å². The molecule has 152 valence electrons. The highest BCUT2D eigenvalue weighted by Crippen LogP contribution is 2.25. The Labute approximate surface area is 177 Å². The predicted octanol–water partition coefficient (Wildman–Crippen LogP) is 3.59. The van der Waals surface area contributed by atoms with Crippen molar-refractivity contribution in [2.75, 3.05) is 0 Å². The Kier molecular flexibility index (Phi) is 4.99. The molecular weight excluding hydrogens is 398 g/mol. The molecule has 0 radical (unpaired) electrons. The van der Waals surface area contributed by atoms with E-state index in [4.69, 9.17) is 4.74 Å². The Hall–Kier alpha value is -3.32. The third-order valence-corrected chi connectivity index (χ3v) is 5.59. The molecule has 30 heavy (non-hydrogen) atoms. The number of carbonyl (C=O) groups is 1. The molecule has 0 saturated carbocycles. The van der Waals surface area contributed by atoms with Crippen LogP contribution in [0.1, 0.15) is 38.8 Å². The average molecular weight is 420 g/mol. The normalized spacial score (nSPS) is 12.5. The Morgan fingerprint density at radius 2 is 1.73 bits per heavy atom. The first-order valence-electron chi connectivity index (χ1n) is 9.51. The summed E-state index contributed by atoms with van der Waals surface area (Å²) in [5.74, 6) is 0.630. The van der Waals surface area contributed by atoms with Gasteiger partial charge >= 0.3 is 5.97 Å². The van der Waals surface area contributed by atoms with Crippen LogP contribution in [-0.2, 0) is 10.2 Å². The van der Waals surface area contributed by atoms with E-state index < -0.39 is 0 Å². The lowest BCUT2D eigenvalue weighted by Gasteiger charge is -2.18. The first-order chi connectivity index (χ1) is 14.2. The maximum atomic E-state index is 12.7. The number of carbonyl (C=O) groups excluding carboxylic acids is 1. The van der Waals surface area contributed by atoms with Gasteiger partial charge in [-0.15, -0.1) is 5.10 Å². The summed E-state index contributed by atoms with van der Waals surface area (Å²) in [6.45, 7) is 7.85. The third-order valence-electron chi connectivity index (χ3n) is 4.63. The zero-order chi connectivity index (χ0) is 21.5. The van der Waals surface area contributed by atoms with Crippen LogP contribution in [0.25, 0.3) is 22.4 Å². The average Bonchev–Trinajstić information content (AvgIpc) is 3.22. The van der Waals surface area contributed by atoms with E-state index >= 15 is 0 Å². The molecule has 0 atom stereocenters. The molecule has 0 fully saturated rings. The number of hydrogen-bond donors (Lipinski definition) is 0. The van der Waals surface area contributed by atoms with Crippen molar-refractivity contribution in [3.05, 3.63) is 74.5 Å². The molecule has 2 aromatic carbocycles. The van der Waals surface area contributed by atoms with Crippen LogP contribution in [0, 0.1) is 0 Å². The van der Waals surface area contributed by atoms with E-state index in [1.165, 1.54) is 28.3 Å². The molecule has 0 spiro atoms. The van der Waals surface area contributed by atoms with Crippen molar-refractivity contribution in [1.82, 2.24) is 14.6 Å². The second kappa shape index (κ2) is 7.50. The number of benzene rings is 2. The van der Waals surface area contributed by atoms with Gasteiger partial charge in [0.05, 0.1) is 4.53 Å². The van der Waals surface area contributed by atoms with Crippen LogP contribution in [0.2, 0.25) is 0 Å². The summed E-state index contributed by atoms with van der Waals surface area (Å²) < 4.78 is 6.91. The Bertz CT molecular complexity index is 1330. The lowest BCUT2D eigenvalue weighted by molar-refractivity contribution is -0.131. The smallest absolute Gasteiger partial charge is 0.308 e. The minimum Gasteiger partial charge on any atom is -0.427 e. The molecule has 0 N–H and O–H groups in total. The summed E-state index contributed by atoms with van der Waals surface area (Å²) in [5, 5.41) is 4.41. The van der Waals surface area contributed by atoms with Gasteiger partial charge in [-0.25, -0.2) is 0 Å². The molecule has 0 aliphatic rings. The van der Waals surface area contributed by atoms with Gasteiger partial charge in [0.2, 0.25) is 4.96 Å². The fraction of sp³-hybridized carbons (Fsp3) is 0.217. The van der Waals surface area contributed by atoms with Gasteiger partial charge in [-0.05, 0) is 34.8 Å². The summed E-state index contributed by atoms with van der Waals surface area (Å²) in [6, 6.07) is 15.1. The van der Waals surface area contributed by atoms with Gasteiger partial charge in [-0.2, -0.15) is 9.50 Å². The largest absolute Gasteiger partial charge is 0.427 e. The highest BCUT2D eigenvalue weighted by Gasteiger charge is 2.15. The lowest BCUT2D eigenvalue weighted by Crippen LogP contribution is -2.23. The fourth-order valence-electron chi connectivity index (χ4n) is 3.02. The zero-order valence-corrected chi connectivity index (χ0v) is 18.0. The van der Waals surface area contributed by atoms with Crippen LogP contribution in [0.15, 0.2) is 53.3 Å². The van der Waals surface area contributed by atoms with Crippen LogP contribution >= 0.6 is 11.3 Å². The number of rotatable bonds is 3. The zero-order valence-electron chi connectivity index (χ0n) is 17.2. The monoisotopic (exact) mass is 419 g/mol. The standard InChI is InChI=1S/C23H21N3O3S/c1-14(27)29-18-11-5-15(6-12-18)13-19-21(28)26-22(30-19)24-20(25-26)16-7-9-17(10-8-16)23(2,3)4/h5-13H,1-4H3. The molecular formula is C23H21N3O3S. The van der Waals surface area contributed by atoms with E-state index in [1.54, 1.807) is 30.3 Å². The molecule has 6 nitrogen and oxygen atoms in total. The number of thiazole rings is 1. The van der Waals surface area contributed by atoms with Gasteiger partial charge in [-0.1, -0.05) is 68.5 Å². The molecule has 0 saturated heterocycles. The van der Waals surface area contributed by atoms with Gasteiger partial charge < -0.3 is 4.74 Å². The van der Waals surface area contributed by atoms with E-state index in [0.29, 0.717) is 21.1 Å². The quantitative estimate of drug-likeness (QED) is 0.375. The Balaban J connectivity index is 1.65. The van der Waals surface area contributed by atoms with Crippen molar-refractivity contribution in [3.8, 4) is 17.1 Å². The highest BCUT2D eigenvalue weighted by molar-refractivity contribution is 7.15. The molecule has 0 unspecified atom stereocenters. The fourth-order valence-corrected chi connectivity index (χ4v) is 3.93. The van der Waals surface area contributed by atoms with Crippen LogP contribution in [-0.4, -0.2) is 20.6 Å². The number of nitrogens with zero attached hydrogens (tertiary/aromatic N) is 3. The molecule has 0 amide bonds. The van der Waals surface area contributed by atoms with Crippen molar-refractivity contribution in [2.45, 2.75) is 33.1 Å². The number of esters is 1. The summed E-state index contributed by atoms with van der Waals surface area (Å²) in [5.41, 5.74) is 2.80. The first kappa shape index (κ1) is 20.0. The van der Waals surface area contributed by atoms with Crippen LogP contribution in [0.5, 0.6) is 5.75 Å². The van der Waals surface area contributed by atoms with E-state index in [2.05, 4.69) is 43.0 Å². The second-order valence-corrected chi connectivity index (χ2v) is 9.04. The summed E-state index contributed by atoms with van der Waals surface area (Å²) in [7, 11) is 0. The lowest BCUT2D eigenvalue weighted by atomic mass is 9.87. The number of hydrogen-bond acceptors (Lipinski definition) is 6. The molecule has 2 heterocycles. The van der Waals surface area contributed by atoms with Gasteiger partial charge in [0, 0.05) is 12.5 Å². The second-order valence-electron chi connectivity index (χ2n) is 8.04. The number of ether oxygens (including phenoxy) is 1. The maximum Gasteiger partial charge on any atom is 0.308 e. The molecule has 4 rings (SSSR count). The van der Waals surface area contributed by atoms with E-state index in [1.807, 2.05) is 12.1 Å². The first-order valence-corrected chi connectivity index (χ1v) is 10.3. The maximum absolute atomic E-state index is 12.7. The number of fused-ring (bicyclic) bond motifs is 1. The highest BCUT2D eigenvalue weighted by atomic mass is 32.1. The summed E-state index contributed by atoms with van der Waals surface area (Å²) >= 11 is 1.29. The van der Waals surface area contributed by atoms with Crippen LogP contribution < -0.4 is 14.8 Å². The summed E-state index contributed by atoms with van der Waals surface area (Å²) in [6.07, 6.45) is 1.78. The van der Waals surface area contributed by atoms with E-state index in [9.17, 15) is 9.59 Å². The van der Waals surface area contributed by atoms with Crippen molar-refractivity contribution in [1.29, 1.82) is 0 Å². The van der Waals surface area contributed by atoms with Gasteiger partial charge in [-0.3, -0.25) is 9.59 Å². The topological polar surface area (TPSA) is 73.6 Å². The van der Waals surface area contributed by atoms with Crippen LogP contribution in [0.4, 0.5) is 0 Å². The molecule has 7 heteroatoms. The van der Waals surface area contributed by atoms with Crippen molar-refractivity contribution >= 4 is 28.3 Å².